The van der Waals surface area contributed by atoms with Gasteiger partial charge in [-0.2, -0.15) is 0 Å². The molecule has 1 N–H and O–H groups in total. The zero-order chi connectivity index (χ0) is 6.85. The van der Waals surface area contributed by atoms with Crippen LogP contribution in [-0.2, 0) is 0 Å². The first-order valence-corrected chi connectivity index (χ1v) is 2.65. The van der Waals surface area contributed by atoms with Crippen molar-refractivity contribution in [2.75, 3.05) is 0 Å². The Hall–Kier alpha value is -1.12. The summed E-state index contributed by atoms with van der Waals surface area (Å²) in [5.74, 6) is 0.326. The van der Waals surface area contributed by atoms with Crippen LogP contribution in [0.25, 0.3) is 0 Å². The molecule has 0 saturated carbocycles. The summed E-state index contributed by atoms with van der Waals surface area (Å²) in [7, 11) is 0. The van der Waals surface area contributed by atoms with Gasteiger partial charge in [-0.3, -0.25) is 4.79 Å². The normalized spacial score (nSPS) is 9.56. The zero-order valence-electron chi connectivity index (χ0n) is 5.36. The van der Waals surface area contributed by atoms with E-state index in [0.29, 0.717) is 5.82 Å². The topological polar surface area (TPSA) is 45.8 Å². The Morgan fingerprint density at radius 2 is 2.44 bits per heavy atom. The lowest BCUT2D eigenvalue weighted by Crippen LogP contribution is -1.93. The van der Waals surface area contributed by atoms with Gasteiger partial charge in [0.05, 0.1) is 11.9 Å². The van der Waals surface area contributed by atoms with Crippen LogP contribution >= 0.6 is 0 Å². The fourth-order valence-electron chi connectivity index (χ4n) is 0.540. The van der Waals surface area contributed by atoms with Crippen molar-refractivity contribution < 1.29 is 4.79 Å². The number of aryl methyl sites for hydroxylation is 1. The Morgan fingerprint density at radius 3 is 2.67 bits per heavy atom. The Morgan fingerprint density at radius 1 is 1.78 bits per heavy atom. The quantitative estimate of drug-likeness (QED) is 0.559. The molecule has 0 unspecified atom stereocenters. The summed E-state index contributed by atoms with van der Waals surface area (Å²) in [5, 5.41) is 0. The van der Waals surface area contributed by atoms with E-state index in [1.54, 1.807) is 6.92 Å². The number of nitrogens with one attached hydrogen (secondary N) is 1. The van der Waals surface area contributed by atoms with Crippen LogP contribution in [0.1, 0.15) is 23.2 Å². The van der Waals surface area contributed by atoms with Gasteiger partial charge in [0, 0.05) is 6.92 Å². The number of ketones is 1. The highest BCUT2D eigenvalue weighted by molar-refractivity contribution is 5.90. The first-order chi connectivity index (χ1) is 4.20. The number of nitrogens with zero attached hydrogens (tertiary/aromatic N) is 1. The molecule has 47 valence electrons. The highest BCUT2D eigenvalue weighted by Crippen LogP contribution is 1.93. The van der Waals surface area contributed by atoms with E-state index < -0.39 is 0 Å². The van der Waals surface area contributed by atoms with Crippen LogP contribution in [0.4, 0.5) is 0 Å². The van der Waals surface area contributed by atoms with Gasteiger partial charge in [0.1, 0.15) is 0 Å². The van der Waals surface area contributed by atoms with Gasteiger partial charge >= 0.3 is 0 Å². The Balaban J connectivity index is 2.98. The van der Waals surface area contributed by atoms with Gasteiger partial charge in [-0.1, -0.05) is 0 Å². The lowest BCUT2D eigenvalue weighted by molar-refractivity contribution is 0.100. The maximum Gasteiger partial charge on any atom is 0.195 e. The number of hydrogen-bond donors (Lipinski definition) is 1. The number of rotatable bonds is 1. The fourth-order valence-corrected chi connectivity index (χ4v) is 0.540. The number of aromatic amines is 1. The molecule has 1 aromatic rings. The molecular weight excluding hydrogens is 116 g/mol. The molecule has 0 fully saturated rings. The molecule has 0 aromatic carbocycles. The molecule has 9 heavy (non-hydrogen) atoms. The van der Waals surface area contributed by atoms with E-state index in [4.69, 9.17) is 0 Å². The van der Waals surface area contributed by atoms with E-state index in [-0.39, 0.29) is 5.78 Å². The van der Waals surface area contributed by atoms with Crippen molar-refractivity contribution in [3.63, 3.8) is 0 Å². The maximum absolute atomic E-state index is 10.5. The molecule has 0 aliphatic heterocycles. The third-order valence-corrected chi connectivity index (χ3v) is 0.975. The van der Waals surface area contributed by atoms with Crippen LogP contribution in [0.5, 0.6) is 0 Å². The van der Waals surface area contributed by atoms with Crippen molar-refractivity contribution in [1.82, 2.24) is 9.97 Å². The first-order valence-electron chi connectivity index (χ1n) is 2.65. The molecule has 3 nitrogen and oxygen atoms in total. The van der Waals surface area contributed by atoms with Crippen LogP contribution < -0.4 is 0 Å². The second kappa shape index (κ2) is 2.01. The summed E-state index contributed by atoms with van der Waals surface area (Å²) in [6.45, 7) is 3.25. The van der Waals surface area contributed by atoms with E-state index in [0.717, 1.165) is 5.69 Å². The largest absolute Gasteiger partial charge is 0.334 e. The standard InChI is InChI=1S/C6H7N2O/c1-4-3-7-6(8-4)5(2)9/h1-2H3,(H,7,8). The second-order valence-electron chi connectivity index (χ2n) is 1.85. The molecule has 0 aliphatic carbocycles. The van der Waals surface area contributed by atoms with Crippen molar-refractivity contribution in [1.29, 1.82) is 0 Å². The molecule has 0 saturated heterocycles. The highest BCUT2D eigenvalue weighted by atomic mass is 16.1. The summed E-state index contributed by atoms with van der Waals surface area (Å²) in [6.07, 6.45) is 2.69. The van der Waals surface area contributed by atoms with Crippen molar-refractivity contribution in [2.24, 2.45) is 0 Å². The molecule has 0 aliphatic rings. The Labute approximate surface area is 53.1 Å². The van der Waals surface area contributed by atoms with E-state index in [2.05, 4.69) is 16.2 Å². The smallest absolute Gasteiger partial charge is 0.195 e. The van der Waals surface area contributed by atoms with E-state index in [1.165, 1.54) is 6.92 Å². The summed E-state index contributed by atoms with van der Waals surface area (Å²) >= 11 is 0. The number of Topliss-reactive ketones (excluding diaryl/α,β-unsaturated/α-hetero) is 1. The fraction of sp³-hybridized carbons (Fsp3) is 0.333. The molecule has 0 amide bonds. The van der Waals surface area contributed by atoms with Crippen LogP contribution in [-0.4, -0.2) is 15.8 Å². The van der Waals surface area contributed by atoms with E-state index in [9.17, 15) is 4.79 Å². The monoisotopic (exact) mass is 123 g/mol. The van der Waals surface area contributed by atoms with Crippen LogP contribution in [0.2, 0.25) is 0 Å². The molecule has 0 atom stereocenters. The lowest BCUT2D eigenvalue weighted by atomic mass is 10.4. The summed E-state index contributed by atoms with van der Waals surface area (Å²) in [4.78, 5) is 17.0. The van der Waals surface area contributed by atoms with Gasteiger partial charge in [-0.25, -0.2) is 4.98 Å². The molecule has 0 spiro atoms. The van der Waals surface area contributed by atoms with Gasteiger partial charge in [0.25, 0.3) is 0 Å². The Bertz CT molecular complexity index is 227. The number of carbonyl (C=O) groups is 1. The molecule has 1 radical (unpaired) electrons. The Kier molecular flexibility index (Phi) is 1.34. The molecule has 3 heteroatoms. The molecule has 1 aromatic heterocycles. The van der Waals surface area contributed by atoms with E-state index in [1.807, 2.05) is 0 Å². The number of H-pyrrole nitrogens is 1. The predicted molar refractivity (Wildman–Crippen MR) is 32.2 cm³/mol. The minimum Gasteiger partial charge on any atom is -0.334 e. The average molecular weight is 123 g/mol. The van der Waals surface area contributed by atoms with Crippen LogP contribution in [0, 0.1) is 13.1 Å². The maximum atomic E-state index is 10.5. The highest BCUT2D eigenvalue weighted by Gasteiger charge is 2.00. The third-order valence-electron chi connectivity index (χ3n) is 0.975. The number of aromatic nitrogens is 2. The van der Waals surface area contributed by atoms with Gasteiger partial charge in [0.2, 0.25) is 0 Å². The molecule has 0 bridgehead atoms. The van der Waals surface area contributed by atoms with Gasteiger partial charge in [-0.15, -0.1) is 0 Å². The predicted octanol–water partition coefficient (Wildman–Crippen LogP) is 0.721. The van der Waals surface area contributed by atoms with Crippen LogP contribution in [0.15, 0.2) is 0 Å². The van der Waals surface area contributed by atoms with Gasteiger partial charge in [0.15, 0.2) is 11.6 Å². The first kappa shape index (κ1) is 6.01. The lowest BCUT2D eigenvalue weighted by Gasteiger charge is -1.80. The van der Waals surface area contributed by atoms with Crippen molar-refractivity contribution in [2.45, 2.75) is 13.8 Å². The minimum atomic E-state index is -0.0562. The van der Waals surface area contributed by atoms with Crippen LogP contribution in [0.3, 0.4) is 0 Å². The minimum absolute atomic E-state index is 0.0562. The number of imidazole rings is 1. The molecular formula is C6H7N2O. The SMILES string of the molecule is CC(=O)c1nc(C)[c][nH]1. The molecule has 1 heterocycles. The zero-order valence-corrected chi connectivity index (χ0v) is 5.36. The van der Waals surface area contributed by atoms with Gasteiger partial charge < -0.3 is 4.98 Å². The van der Waals surface area contributed by atoms with Crippen molar-refractivity contribution in [3.8, 4) is 0 Å². The summed E-state index contributed by atoms with van der Waals surface area (Å²) in [6, 6.07) is 0. The number of carbonyl (C=O) groups excluding carboxylic acids is 1. The molecule has 1 rings (SSSR count). The van der Waals surface area contributed by atoms with Crippen molar-refractivity contribution in [3.05, 3.63) is 17.7 Å². The van der Waals surface area contributed by atoms with Crippen molar-refractivity contribution >= 4 is 5.78 Å². The van der Waals surface area contributed by atoms with Gasteiger partial charge in [-0.05, 0) is 6.92 Å². The number of hydrogen-bond acceptors (Lipinski definition) is 2. The summed E-state index contributed by atoms with van der Waals surface area (Å²) < 4.78 is 0. The second-order valence-corrected chi connectivity index (χ2v) is 1.85. The van der Waals surface area contributed by atoms with E-state index >= 15 is 0 Å². The third kappa shape index (κ3) is 1.16. The summed E-state index contributed by atoms with van der Waals surface area (Å²) in [5.41, 5.74) is 0.722. The average Bonchev–Trinajstić information content (AvgIpc) is 2.14.